The number of hydrogen-bond acceptors (Lipinski definition) is 4. The number of carbonyl (C=O) groups excluding carboxylic acids is 1. The van der Waals surface area contributed by atoms with Crippen molar-refractivity contribution < 1.29 is 18.0 Å². The zero-order chi connectivity index (χ0) is 22.8. The van der Waals surface area contributed by atoms with E-state index >= 15 is 0 Å². The highest BCUT2D eigenvalue weighted by Crippen LogP contribution is 2.32. The molecule has 0 unspecified atom stereocenters. The van der Waals surface area contributed by atoms with Crippen LogP contribution in [0.15, 0.2) is 47.5 Å². The van der Waals surface area contributed by atoms with Crippen molar-refractivity contribution in [3.05, 3.63) is 90.4 Å². The van der Waals surface area contributed by atoms with Gasteiger partial charge in [-0.2, -0.15) is 13.2 Å². The molecule has 0 radical (unpaired) electrons. The van der Waals surface area contributed by atoms with Crippen LogP contribution >= 0.6 is 34.8 Å². The average Bonchev–Trinajstić information content (AvgIpc) is 2.70. The number of rotatable bonds is 5. The Morgan fingerprint density at radius 2 is 1.77 bits per heavy atom. The molecule has 162 valence electrons. The maximum absolute atomic E-state index is 12.7. The SMILES string of the molecule is O=C(NNc1ncc(C(F)(F)F)cc1Cl)c1c[nH]c(=O)c(Cc2c(Cl)cccc2Cl)c1. The first-order chi connectivity index (χ1) is 14.6. The third-order valence-electron chi connectivity index (χ3n) is 4.13. The second-order valence-corrected chi connectivity index (χ2v) is 7.47. The van der Waals surface area contributed by atoms with Crippen molar-refractivity contribution in [2.75, 3.05) is 5.43 Å². The van der Waals surface area contributed by atoms with Crippen LogP contribution < -0.4 is 16.4 Å². The molecule has 31 heavy (non-hydrogen) atoms. The lowest BCUT2D eigenvalue weighted by atomic mass is 10.0. The highest BCUT2D eigenvalue weighted by atomic mass is 35.5. The third kappa shape index (κ3) is 5.49. The van der Waals surface area contributed by atoms with Crippen molar-refractivity contribution in [1.29, 1.82) is 0 Å². The van der Waals surface area contributed by atoms with E-state index < -0.39 is 23.2 Å². The lowest BCUT2D eigenvalue weighted by molar-refractivity contribution is -0.137. The van der Waals surface area contributed by atoms with E-state index in [0.29, 0.717) is 27.9 Å². The van der Waals surface area contributed by atoms with E-state index in [4.69, 9.17) is 34.8 Å². The summed E-state index contributed by atoms with van der Waals surface area (Å²) in [6.07, 6.45) is -2.77. The second kappa shape index (κ2) is 9.17. The molecule has 0 aliphatic rings. The molecular formula is C19H12Cl3F3N4O2. The smallest absolute Gasteiger partial charge is 0.328 e. The number of benzene rings is 1. The minimum absolute atomic E-state index is 0.0633. The number of nitrogens with one attached hydrogen (secondary N) is 3. The molecule has 3 N–H and O–H groups in total. The summed E-state index contributed by atoms with van der Waals surface area (Å²) in [6, 6.07) is 6.93. The normalized spacial score (nSPS) is 11.3. The monoisotopic (exact) mass is 490 g/mol. The Labute approximate surface area is 188 Å². The Morgan fingerprint density at radius 1 is 1.10 bits per heavy atom. The van der Waals surface area contributed by atoms with Crippen molar-refractivity contribution >= 4 is 46.5 Å². The summed E-state index contributed by atoms with van der Waals surface area (Å²) in [7, 11) is 0. The molecule has 0 bridgehead atoms. The van der Waals surface area contributed by atoms with E-state index in [1.165, 1.54) is 12.3 Å². The first kappa shape index (κ1) is 22.9. The summed E-state index contributed by atoms with van der Waals surface area (Å²) < 4.78 is 38.0. The topological polar surface area (TPSA) is 86.9 Å². The van der Waals surface area contributed by atoms with Gasteiger partial charge in [-0.3, -0.25) is 20.4 Å². The van der Waals surface area contributed by atoms with Crippen molar-refractivity contribution in [3.8, 4) is 0 Å². The molecule has 12 heteroatoms. The first-order valence-electron chi connectivity index (χ1n) is 8.50. The number of anilines is 1. The van der Waals surface area contributed by atoms with Crippen LogP contribution in [0.4, 0.5) is 19.0 Å². The van der Waals surface area contributed by atoms with Crippen LogP contribution in [-0.4, -0.2) is 15.9 Å². The Balaban J connectivity index is 1.76. The van der Waals surface area contributed by atoms with E-state index in [2.05, 4.69) is 20.8 Å². The summed E-state index contributed by atoms with van der Waals surface area (Å²) in [5.41, 5.74) is 3.95. The quantitative estimate of drug-likeness (QED) is 0.434. The predicted octanol–water partition coefficient (Wildman–Crippen LogP) is 5.10. The van der Waals surface area contributed by atoms with E-state index in [0.717, 1.165) is 0 Å². The number of nitrogens with zero attached hydrogens (tertiary/aromatic N) is 1. The molecule has 0 aliphatic heterocycles. The summed E-state index contributed by atoms with van der Waals surface area (Å²) in [6.45, 7) is 0. The van der Waals surface area contributed by atoms with Crippen LogP contribution in [-0.2, 0) is 12.6 Å². The number of amides is 1. The number of halogens is 6. The molecule has 0 aliphatic carbocycles. The average molecular weight is 492 g/mol. The predicted molar refractivity (Wildman–Crippen MR) is 112 cm³/mol. The zero-order valence-electron chi connectivity index (χ0n) is 15.3. The van der Waals surface area contributed by atoms with E-state index in [1.54, 1.807) is 18.2 Å². The van der Waals surface area contributed by atoms with Crippen LogP contribution in [0.1, 0.15) is 27.0 Å². The van der Waals surface area contributed by atoms with Crippen LogP contribution in [0.3, 0.4) is 0 Å². The van der Waals surface area contributed by atoms with Gasteiger partial charge in [0.15, 0.2) is 5.82 Å². The number of hydrogen-bond donors (Lipinski definition) is 3. The molecule has 2 aromatic heterocycles. The lowest BCUT2D eigenvalue weighted by Gasteiger charge is -2.12. The van der Waals surface area contributed by atoms with Crippen molar-refractivity contribution in [2.45, 2.75) is 12.6 Å². The van der Waals surface area contributed by atoms with Crippen molar-refractivity contribution in [3.63, 3.8) is 0 Å². The highest BCUT2D eigenvalue weighted by Gasteiger charge is 2.31. The van der Waals surface area contributed by atoms with Crippen LogP contribution in [0.25, 0.3) is 0 Å². The van der Waals surface area contributed by atoms with Gasteiger partial charge in [0.2, 0.25) is 0 Å². The number of aromatic nitrogens is 2. The molecule has 0 spiro atoms. The molecule has 0 saturated heterocycles. The van der Waals surface area contributed by atoms with E-state index in [1.807, 2.05) is 0 Å². The maximum atomic E-state index is 12.7. The summed E-state index contributed by atoms with van der Waals surface area (Å²) in [5.74, 6) is -0.879. The number of hydrazine groups is 1. The van der Waals surface area contributed by atoms with Gasteiger partial charge >= 0.3 is 6.18 Å². The third-order valence-corrected chi connectivity index (χ3v) is 5.13. The van der Waals surface area contributed by atoms with Gasteiger partial charge in [0.25, 0.3) is 11.5 Å². The standard InChI is InChI=1S/C19H12Cl3F3N4O2/c20-13-2-1-3-14(21)12(13)5-9-4-10(7-27-17(9)30)18(31)29-28-16-15(22)6-11(8-26-16)19(23,24)25/h1-4,6-8H,5H2,(H,26,28)(H,27,30)(H,29,31). The number of alkyl halides is 3. The zero-order valence-corrected chi connectivity index (χ0v) is 17.5. The Kier molecular flexibility index (Phi) is 6.78. The highest BCUT2D eigenvalue weighted by molar-refractivity contribution is 6.36. The van der Waals surface area contributed by atoms with Crippen molar-refractivity contribution in [2.24, 2.45) is 0 Å². The van der Waals surface area contributed by atoms with Gasteiger partial charge in [-0.25, -0.2) is 4.98 Å². The molecule has 2 heterocycles. The number of pyridine rings is 2. The fraction of sp³-hybridized carbons (Fsp3) is 0.105. The minimum atomic E-state index is -4.60. The van der Waals surface area contributed by atoms with E-state index in [-0.39, 0.29) is 28.4 Å². The van der Waals surface area contributed by atoms with Crippen LogP contribution in [0, 0.1) is 0 Å². The van der Waals surface area contributed by atoms with Crippen LogP contribution in [0.5, 0.6) is 0 Å². The van der Waals surface area contributed by atoms with Gasteiger partial charge in [-0.15, -0.1) is 0 Å². The molecule has 3 aromatic rings. The van der Waals surface area contributed by atoms with Gasteiger partial charge in [-0.1, -0.05) is 40.9 Å². The minimum Gasteiger partial charge on any atom is -0.328 e. The fourth-order valence-electron chi connectivity index (χ4n) is 2.56. The molecule has 0 saturated carbocycles. The number of aromatic amines is 1. The van der Waals surface area contributed by atoms with Gasteiger partial charge in [0.05, 0.1) is 16.1 Å². The summed E-state index contributed by atoms with van der Waals surface area (Å²) >= 11 is 18.0. The molecule has 0 atom stereocenters. The molecule has 6 nitrogen and oxygen atoms in total. The fourth-order valence-corrected chi connectivity index (χ4v) is 3.30. The summed E-state index contributed by atoms with van der Waals surface area (Å²) in [5, 5.41) is 0.392. The molecule has 1 aromatic carbocycles. The molecule has 0 fully saturated rings. The molecule has 3 rings (SSSR count). The first-order valence-corrected chi connectivity index (χ1v) is 9.63. The lowest BCUT2D eigenvalue weighted by Crippen LogP contribution is -2.31. The number of H-pyrrole nitrogens is 1. The Morgan fingerprint density at radius 3 is 2.39 bits per heavy atom. The second-order valence-electron chi connectivity index (χ2n) is 6.25. The maximum Gasteiger partial charge on any atom is 0.417 e. The van der Waals surface area contributed by atoms with E-state index in [9.17, 15) is 22.8 Å². The summed E-state index contributed by atoms with van der Waals surface area (Å²) in [4.78, 5) is 30.6. The number of carbonyl (C=O) groups is 1. The van der Waals surface area contributed by atoms with Crippen molar-refractivity contribution in [1.82, 2.24) is 15.4 Å². The van der Waals surface area contributed by atoms with Gasteiger partial charge in [0, 0.05) is 34.4 Å². The van der Waals surface area contributed by atoms with Gasteiger partial charge in [0.1, 0.15) is 0 Å². The van der Waals surface area contributed by atoms with Gasteiger partial charge < -0.3 is 4.98 Å². The molecular weight excluding hydrogens is 480 g/mol. The van der Waals surface area contributed by atoms with Crippen LogP contribution in [0.2, 0.25) is 15.1 Å². The largest absolute Gasteiger partial charge is 0.417 e. The Bertz CT molecular complexity index is 1180. The molecule has 1 amide bonds. The van der Waals surface area contributed by atoms with Gasteiger partial charge in [-0.05, 0) is 29.8 Å². The Hall–Kier alpha value is -2.75.